The number of ether oxygens (including phenoxy) is 3. The quantitative estimate of drug-likeness (QED) is 0.405. The van der Waals surface area contributed by atoms with Crippen LogP contribution in [0.4, 0.5) is 0 Å². The number of esters is 1. The van der Waals surface area contributed by atoms with Gasteiger partial charge in [0, 0.05) is 62.7 Å². The van der Waals surface area contributed by atoms with Crippen LogP contribution >= 0.6 is 0 Å². The third-order valence-electron chi connectivity index (χ3n) is 10.9. The monoisotopic (exact) mass is 463 g/mol. The summed E-state index contributed by atoms with van der Waals surface area (Å²) in [6.07, 6.45) is 2.32. The Balaban J connectivity index is 1.67. The molecular formula is C25H37NO7. The van der Waals surface area contributed by atoms with E-state index in [1.54, 1.807) is 14.2 Å². The first-order valence-electron chi connectivity index (χ1n) is 12.4. The van der Waals surface area contributed by atoms with Crippen LogP contribution in [0.25, 0.3) is 0 Å². The van der Waals surface area contributed by atoms with Crippen molar-refractivity contribution >= 4 is 5.97 Å². The minimum absolute atomic E-state index is 0.0493. The van der Waals surface area contributed by atoms with Crippen LogP contribution < -0.4 is 0 Å². The second-order valence-electron chi connectivity index (χ2n) is 11.7. The number of nitrogens with zero attached hydrogens (tertiary/aromatic N) is 1. The lowest BCUT2D eigenvalue weighted by molar-refractivity contribution is -0.316. The molecule has 33 heavy (non-hydrogen) atoms. The smallest absolute Gasteiger partial charge is 0.302 e. The van der Waals surface area contributed by atoms with E-state index in [9.17, 15) is 20.1 Å². The molecule has 0 aromatic rings. The van der Waals surface area contributed by atoms with E-state index in [1.165, 1.54) is 6.92 Å². The molecule has 0 aromatic heterocycles. The fourth-order valence-electron chi connectivity index (χ4n) is 10.4. The molecular weight excluding hydrogens is 426 g/mol. The molecule has 0 radical (unpaired) electrons. The molecule has 1 heterocycles. The lowest BCUT2D eigenvalue weighted by Gasteiger charge is -2.68. The van der Waals surface area contributed by atoms with Crippen LogP contribution in [0.5, 0.6) is 0 Å². The molecule has 8 heteroatoms. The van der Waals surface area contributed by atoms with Crippen LogP contribution in [-0.4, -0.2) is 95.2 Å². The maximum Gasteiger partial charge on any atom is 0.302 e. The van der Waals surface area contributed by atoms with Crippen molar-refractivity contribution in [3.8, 4) is 0 Å². The van der Waals surface area contributed by atoms with Gasteiger partial charge >= 0.3 is 5.97 Å². The van der Waals surface area contributed by atoms with Crippen LogP contribution in [-0.2, 0) is 19.0 Å². The topological polar surface area (TPSA) is 109 Å². The zero-order chi connectivity index (χ0) is 23.7. The van der Waals surface area contributed by atoms with Crippen LogP contribution in [0.15, 0.2) is 12.2 Å². The SMILES string of the molecule is CCN1C[C@]2(C)C=C[C@H](O)[C@@]34[C@@H]5C[C@H]6[C@H](OC(C)=O)[C@@H]5[C@](OC)(C[C@@H]6OC)[C@@](O)([C@@H](O)[C@@H]32)[C@@H]14. The number of methoxy groups -OCH3 is 2. The van der Waals surface area contributed by atoms with E-state index in [0.29, 0.717) is 25.9 Å². The molecule has 1 aliphatic heterocycles. The Labute approximate surface area is 194 Å². The lowest BCUT2D eigenvalue weighted by Crippen LogP contribution is -2.81. The molecule has 7 bridgehead atoms. The number of likely N-dealkylation sites (N-methyl/N-ethyl adjacent to an activating group) is 1. The van der Waals surface area contributed by atoms with Gasteiger partial charge in [-0.05, 0) is 18.9 Å². The van der Waals surface area contributed by atoms with Gasteiger partial charge in [-0.2, -0.15) is 0 Å². The number of aliphatic hydroxyl groups excluding tert-OH is 2. The Morgan fingerprint density at radius 3 is 2.61 bits per heavy atom. The third kappa shape index (κ3) is 2.11. The summed E-state index contributed by atoms with van der Waals surface area (Å²) in [6.45, 7) is 7.00. The first kappa shape index (κ1) is 22.4. The maximum absolute atomic E-state index is 12.8. The van der Waals surface area contributed by atoms with Gasteiger partial charge in [-0.3, -0.25) is 9.69 Å². The Morgan fingerprint density at radius 2 is 2.00 bits per heavy atom. The molecule has 13 atom stereocenters. The molecule has 184 valence electrons. The molecule has 8 nitrogen and oxygen atoms in total. The summed E-state index contributed by atoms with van der Waals surface area (Å²) in [6, 6.07) is -0.475. The highest BCUT2D eigenvalue weighted by molar-refractivity contribution is 5.66. The number of carbonyl (C=O) groups excluding carboxylic acids is 1. The van der Waals surface area contributed by atoms with Crippen molar-refractivity contribution in [1.82, 2.24) is 4.90 Å². The fourth-order valence-corrected chi connectivity index (χ4v) is 10.4. The van der Waals surface area contributed by atoms with Gasteiger partial charge in [0.25, 0.3) is 0 Å². The van der Waals surface area contributed by atoms with Gasteiger partial charge in [-0.25, -0.2) is 0 Å². The standard InChI is InChI=1S/C25H37NO7/c1-6-26-11-22(3)8-7-16(28)24-14-9-13-15(31-4)10-23(32-5,17(14)18(13)33-12(2)27)25(30,21(24)26)20(29)19(22)24/h7-8,13-21,28-30H,6,9-11H2,1-5H3/t13-,14-,15+,16+,17-,18+,19-,20+,21+,22+,23-,24+,25-/m1/s1. The van der Waals surface area contributed by atoms with Crippen molar-refractivity contribution in [3.63, 3.8) is 0 Å². The van der Waals surface area contributed by atoms with E-state index in [4.69, 9.17) is 14.2 Å². The first-order chi connectivity index (χ1) is 15.6. The average molecular weight is 464 g/mol. The number of aliphatic hydroxyl groups is 3. The van der Waals surface area contributed by atoms with Gasteiger partial charge in [0.15, 0.2) is 0 Å². The summed E-state index contributed by atoms with van der Waals surface area (Å²) < 4.78 is 18.2. The highest BCUT2D eigenvalue weighted by atomic mass is 16.6. The lowest BCUT2D eigenvalue weighted by atomic mass is 9.44. The summed E-state index contributed by atoms with van der Waals surface area (Å²) >= 11 is 0. The van der Waals surface area contributed by atoms with Crippen molar-refractivity contribution in [2.45, 2.75) is 75.3 Å². The Morgan fingerprint density at radius 1 is 1.27 bits per heavy atom. The maximum atomic E-state index is 12.8. The summed E-state index contributed by atoms with van der Waals surface area (Å²) in [5, 5.41) is 36.6. The predicted molar refractivity (Wildman–Crippen MR) is 117 cm³/mol. The van der Waals surface area contributed by atoms with Gasteiger partial charge in [-0.1, -0.05) is 26.0 Å². The highest BCUT2D eigenvalue weighted by Gasteiger charge is 2.91. The van der Waals surface area contributed by atoms with Crippen molar-refractivity contribution in [2.75, 3.05) is 27.3 Å². The third-order valence-corrected chi connectivity index (χ3v) is 10.9. The molecule has 6 rings (SSSR count). The van der Waals surface area contributed by atoms with Gasteiger partial charge in [0.2, 0.25) is 0 Å². The molecule has 1 spiro atoms. The number of hydrogen-bond acceptors (Lipinski definition) is 8. The fraction of sp³-hybridized carbons (Fsp3) is 0.880. The number of hydrogen-bond donors (Lipinski definition) is 3. The van der Waals surface area contributed by atoms with E-state index < -0.39 is 46.4 Å². The molecule has 4 saturated carbocycles. The Bertz CT molecular complexity index is 911. The van der Waals surface area contributed by atoms with Crippen LogP contribution in [0.3, 0.4) is 0 Å². The molecule has 6 aliphatic rings. The largest absolute Gasteiger partial charge is 0.462 e. The van der Waals surface area contributed by atoms with Crippen molar-refractivity contribution < 1.29 is 34.3 Å². The number of piperidine rings is 1. The molecule has 5 aliphatic carbocycles. The molecule has 1 saturated heterocycles. The normalized spacial score (nSPS) is 60.2. The number of likely N-dealkylation sites (tertiary alicyclic amines) is 1. The van der Waals surface area contributed by atoms with E-state index in [-0.39, 0.29) is 35.7 Å². The van der Waals surface area contributed by atoms with Crippen molar-refractivity contribution in [3.05, 3.63) is 12.2 Å². The zero-order valence-electron chi connectivity index (χ0n) is 20.1. The Hall–Kier alpha value is -1.03. The van der Waals surface area contributed by atoms with Gasteiger partial charge in [0.05, 0.1) is 24.4 Å². The Kier molecular flexibility index (Phi) is 4.48. The van der Waals surface area contributed by atoms with Crippen LogP contribution in [0.2, 0.25) is 0 Å². The van der Waals surface area contributed by atoms with Gasteiger partial charge < -0.3 is 29.5 Å². The molecule has 0 aromatic carbocycles. The van der Waals surface area contributed by atoms with E-state index >= 15 is 0 Å². The summed E-state index contributed by atoms with van der Waals surface area (Å²) in [4.78, 5) is 14.5. The first-order valence-corrected chi connectivity index (χ1v) is 12.4. The number of fused-ring (bicyclic) bond motifs is 2. The average Bonchev–Trinajstić information content (AvgIpc) is 3.14. The van der Waals surface area contributed by atoms with Gasteiger partial charge in [0.1, 0.15) is 17.3 Å². The van der Waals surface area contributed by atoms with Crippen LogP contribution in [0, 0.1) is 34.5 Å². The summed E-state index contributed by atoms with van der Waals surface area (Å²) in [7, 11) is 3.24. The van der Waals surface area contributed by atoms with Crippen molar-refractivity contribution in [2.24, 2.45) is 34.5 Å². The molecule has 3 N–H and O–H groups in total. The number of carbonyl (C=O) groups is 1. The summed E-state index contributed by atoms with van der Waals surface area (Å²) in [5.41, 5.74) is -4.00. The van der Waals surface area contributed by atoms with E-state index in [0.717, 1.165) is 0 Å². The summed E-state index contributed by atoms with van der Waals surface area (Å²) in [5.74, 6) is -1.20. The molecule has 0 amide bonds. The van der Waals surface area contributed by atoms with E-state index in [2.05, 4.69) is 18.7 Å². The van der Waals surface area contributed by atoms with E-state index in [1.807, 2.05) is 12.2 Å². The minimum atomic E-state index is -1.65. The number of rotatable bonds is 4. The molecule has 0 unspecified atom stereocenters. The van der Waals surface area contributed by atoms with Crippen molar-refractivity contribution in [1.29, 1.82) is 0 Å². The molecule has 5 fully saturated rings. The van der Waals surface area contributed by atoms with Gasteiger partial charge in [-0.15, -0.1) is 0 Å². The highest BCUT2D eigenvalue weighted by Crippen LogP contribution is 2.79. The predicted octanol–water partition coefficient (Wildman–Crippen LogP) is 0.337. The second-order valence-corrected chi connectivity index (χ2v) is 11.7. The zero-order valence-corrected chi connectivity index (χ0v) is 20.1. The van der Waals surface area contributed by atoms with Crippen LogP contribution in [0.1, 0.15) is 33.6 Å². The minimum Gasteiger partial charge on any atom is -0.462 e. The second kappa shape index (κ2) is 6.59.